The molecule has 6 heteroatoms. The van der Waals surface area contributed by atoms with Gasteiger partial charge in [-0.05, 0) is 33.6 Å². The lowest BCUT2D eigenvalue weighted by molar-refractivity contribution is -0.148. The van der Waals surface area contributed by atoms with Gasteiger partial charge in [0.15, 0.2) is 0 Å². The van der Waals surface area contributed by atoms with Crippen molar-refractivity contribution in [3.8, 4) is 0 Å². The molecular formula is C14H23NO5. The number of carboxylic acids is 1. The van der Waals surface area contributed by atoms with Gasteiger partial charge in [0, 0.05) is 24.9 Å². The predicted molar refractivity (Wildman–Crippen MR) is 71.2 cm³/mol. The number of piperidine rings is 1. The summed E-state index contributed by atoms with van der Waals surface area (Å²) in [5.41, 5.74) is -0.550. The van der Waals surface area contributed by atoms with Gasteiger partial charge in [0.1, 0.15) is 5.60 Å². The summed E-state index contributed by atoms with van der Waals surface area (Å²) in [7, 11) is 0. The SMILES string of the molecule is CC(C)(C)OC(=O)N1C[C@H]2CC(C(=O)O)C[C@@H](C1)C2O. The first-order valence-electron chi connectivity index (χ1n) is 7.06. The van der Waals surface area contributed by atoms with Crippen molar-refractivity contribution in [1.29, 1.82) is 0 Å². The quantitative estimate of drug-likeness (QED) is 0.759. The largest absolute Gasteiger partial charge is 0.481 e. The number of aliphatic hydroxyl groups is 1. The van der Waals surface area contributed by atoms with Crippen LogP contribution >= 0.6 is 0 Å². The van der Waals surface area contributed by atoms with Crippen LogP contribution in [0.2, 0.25) is 0 Å². The first kappa shape index (κ1) is 15.1. The molecule has 6 nitrogen and oxygen atoms in total. The van der Waals surface area contributed by atoms with Gasteiger partial charge in [-0.15, -0.1) is 0 Å². The zero-order valence-corrected chi connectivity index (χ0v) is 12.2. The first-order valence-corrected chi connectivity index (χ1v) is 7.06. The molecule has 2 aliphatic rings. The van der Waals surface area contributed by atoms with Crippen LogP contribution in [0.3, 0.4) is 0 Å². The van der Waals surface area contributed by atoms with Gasteiger partial charge < -0.3 is 19.8 Å². The molecule has 2 unspecified atom stereocenters. The molecule has 1 aliphatic carbocycles. The number of hydrogen-bond acceptors (Lipinski definition) is 4. The summed E-state index contributed by atoms with van der Waals surface area (Å²) < 4.78 is 5.34. The molecule has 1 saturated carbocycles. The summed E-state index contributed by atoms with van der Waals surface area (Å²) in [6.45, 7) is 6.17. The molecule has 1 heterocycles. The van der Waals surface area contributed by atoms with Gasteiger partial charge in [-0.3, -0.25) is 4.79 Å². The summed E-state index contributed by atoms with van der Waals surface area (Å²) in [5.74, 6) is -1.56. The van der Waals surface area contributed by atoms with Crippen LogP contribution in [-0.4, -0.2) is 52.0 Å². The number of likely N-dealkylation sites (tertiary alicyclic amines) is 1. The lowest BCUT2D eigenvalue weighted by Gasteiger charge is -2.46. The molecule has 2 rings (SSSR count). The van der Waals surface area contributed by atoms with Crippen LogP contribution in [0.15, 0.2) is 0 Å². The van der Waals surface area contributed by atoms with Crippen molar-refractivity contribution in [2.24, 2.45) is 17.8 Å². The van der Waals surface area contributed by atoms with E-state index in [1.165, 1.54) is 0 Å². The van der Waals surface area contributed by atoms with E-state index in [0.717, 1.165) is 0 Å². The number of nitrogens with zero attached hydrogens (tertiary/aromatic N) is 1. The van der Waals surface area contributed by atoms with Gasteiger partial charge in [0.25, 0.3) is 0 Å². The first-order chi connectivity index (χ1) is 9.17. The predicted octanol–water partition coefficient (Wildman–Crippen LogP) is 1.32. The number of amides is 1. The van der Waals surface area contributed by atoms with Crippen molar-refractivity contribution < 1.29 is 24.5 Å². The second-order valence-electron chi connectivity index (χ2n) is 6.90. The fourth-order valence-electron chi connectivity index (χ4n) is 3.17. The molecule has 2 bridgehead atoms. The number of carbonyl (C=O) groups excluding carboxylic acids is 1. The number of aliphatic carboxylic acids is 1. The monoisotopic (exact) mass is 285 g/mol. The van der Waals surface area contributed by atoms with Crippen LogP contribution in [0.1, 0.15) is 33.6 Å². The molecule has 0 radical (unpaired) electrons. The Hall–Kier alpha value is -1.30. The maximum atomic E-state index is 12.1. The maximum Gasteiger partial charge on any atom is 0.410 e. The minimum atomic E-state index is -0.808. The molecule has 1 saturated heterocycles. The molecule has 0 aromatic carbocycles. The third-order valence-corrected chi connectivity index (χ3v) is 4.05. The molecule has 20 heavy (non-hydrogen) atoms. The Balaban J connectivity index is 2.03. The van der Waals surface area contributed by atoms with E-state index >= 15 is 0 Å². The molecule has 0 aromatic heterocycles. The van der Waals surface area contributed by atoms with E-state index in [2.05, 4.69) is 0 Å². The molecule has 114 valence electrons. The Morgan fingerprint density at radius 3 is 2.05 bits per heavy atom. The Bertz CT molecular complexity index is 387. The number of carbonyl (C=O) groups is 2. The van der Waals surface area contributed by atoms with Crippen LogP contribution in [0, 0.1) is 17.8 Å². The summed E-state index contributed by atoms with van der Waals surface area (Å²) in [6, 6.07) is 0. The lowest BCUT2D eigenvalue weighted by atomic mass is 9.70. The number of aliphatic hydroxyl groups excluding tert-OH is 1. The molecule has 2 N–H and O–H groups in total. The standard InChI is InChI=1S/C14H23NO5/c1-14(2,3)20-13(19)15-6-9-4-8(12(17)18)5-10(7-15)11(9)16/h8-11,16H,4-7H2,1-3H3,(H,17,18)/t8?,9-,10+,11?. The highest BCUT2D eigenvalue weighted by atomic mass is 16.6. The lowest BCUT2D eigenvalue weighted by Crippen LogP contribution is -2.56. The Kier molecular flexibility index (Phi) is 3.95. The summed E-state index contributed by atoms with van der Waals surface area (Å²) in [6.07, 6.45) is -0.0454. The van der Waals surface area contributed by atoms with Crippen LogP contribution in [0.5, 0.6) is 0 Å². The molecule has 0 spiro atoms. The maximum absolute atomic E-state index is 12.1. The van der Waals surface area contributed by atoms with E-state index in [1.807, 2.05) is 20.8 Å². The van der Waals surface area contributed by atoms with Crippen molar-refractivity contribution in [2.45, 2.75) is 45.3 Å². The number of rotatable bonds is 1. The summed E-state index contributed by atoms with van der Waals surface area (Å²) in [5, 5.41) is 19.3. The second kappa shape index (κ2) is 5.24. The van der Waals surface area contributed by atoms with Gasteiger partial charge >= 0.3 is 12.1 Å². The molecular weight excluding hydrogens is 262 g/mol. The highest BCUT2D eigenvalue weighted by Gasteiger charge is 2.45. The fourth-order valence-corrected chi connectivity index (χ4v) is 3.17. The third kappa shape index (κ3) is 3.23. The molecule has 1 aliphatic heterocycles. The summed E-state index contributed by atoms with van der Waals surface area (Å²) >= 11 is 0. The molecule has 2 fully saturated rings. The van der Waals surface area contributed by atoms with Gasteiger partial charge in [-0.2, -0.15) is 0 Å². The average Bonchev–Trinajstić information content (AvgIpc) is 2.25. The van der Waals surface area contributed by atoms with Gasteiger partial charge in [0.2, 0.25) is 0 Å². The molecule has 4 atom stereocenters. The Morgan fingerprint density at radius 1 is 1.15 bits per heavy atom. The van der Waals surface area contributed by atoms with Gasteiger partial charge in [-0.1, -0.05) is 0 Å². The van der Waals surface area contributed by atoms with Crippen LogP contribution < -0.4 is 0 Å². The Labute approximate surface area is 118 Å². The van der Waals surface area contributed by atoms with Crippen molar-refractivity contribution >= 4 is 12.1 Å². The van der Waals surface area contributed by atoms with Crippen LogP contribution in [0.4, 0.5) is 4.79 Å². The number of carboxylic acid groups (broad SMARTS) is 1. The van der Waals surface area contributed by atoms with Crippen LogP contribution in [-0.2, 0) is 9.53 Å². The fraction of sp³-hybridized carbons (Fsp3) is 0.857. The molecule has 1 amide bonds. The normalized spacial score (nSPS) is 33.7. The van der Waals surface area contributed by atoms with Gasteiger partial charge in [0.05, 0.1) is 12.0 Å². The van der Waals surface area contributed by atoms with E-state index in [4.69, 9.17) is 9.84 Å². The number of hydrogen-bond donors (Lipinski definition) is 2. The average molecular weight is 285 g/mol. The van der Waals surface area contributed by atoms with Crippen molar-refractivity contribution in [3.63, 3.8) is 0 Å². The van der Waals surface area contributed by atoms with E-state index in [1.54, 1.807) is 4.90 Å². The summed E-state index contributed by atoms with van der Waals surface area (Å²) in [4.78, 5) is 24.8. The topological polar surface area (TPSA) is 87.1 Å². The van der Waals surface area contributed by atoms with E-state index in [9.17, 15) is 14.7 Å². The Morgan fingerprint density at radius 2 is 1.65 bits per heavy atom. The van der Waals surface area contributed by atoms with Crippen molar-refractivity contribution in [1.82, 2.24) is 4.90 Å². The minimum Gasteiger partial charge on any atom is -0.481 e. The van der Waals surface area contributed by atoms with E-state index in [-0.39, 0.29) is 17.9 Å². The van der Waals surface area contributed by atoms with Crippen molar-refractivity contribution in [2.75, 3.05) is 13.1 Å². The second-order valence-corrected chi connectivity index (χ2v) is 6.90. The molecule has 0 aromatic rings. The van der Waals surface area contributed by atoms with E-state index < -0.39 is 23.6 Å². The van der Waals surface area contributed by atoms with Crippen LogP contribution in [0.25, 0.3) is 0 Å². The van der Waals surface area contributed by atoms with Gasteiger partial charge in [-0.25, -0.2) is 4.79 Å². The minimum absolute atomic E-state index is 0.170. The zero-order chi connectivity index (χ0) is 15.1. The smallest absolute Gasteiger partial charge is 0.410 e. The van der Waals surface area contributed by atoms with Crippen molar-refractivity contribution in [3.05, 3.63) is 0 Å². The highest BCUT2D eigenvalue weighted by molar-refractivity contribution is 5.71. The highest BCUT2D eigenvalue weighted by Crippen LogP contribution is 2.38. The third-order valence-electron chi connectivity index (χ3n) is 4.05. The number of ether oxygens (including phenoxy) is 1. The zero-order valence-electron chi connectivity index (χ0n) is 12.2. The van der Waals surface area contributed by atoms with E-state index in [0.29, 0.717) is 25.9 Å². The number of fused-ring (bicyclic) bond motifs is 2.